The molecule has 0 unspecified atom stereocenters. The van der Waals surface area contributed by atoms with Crippen molar-refractivity contribution in [3.05, 3.63) is 293 Å². The van der Waals surface area contributed by atoms with E-state index < -0.39 is 10.8 Å². The van der Waals surface area contributed by atoms with Crippen molar-refractivity contribution in [1.82, 2.24) is 0 Å². The third-order valence-electron chi connectivity index (χ3n) is 16.0. The second-order valence-corrected chi connectivity index (χ2v) is 19.4. The average Bonchev–Trinajstić information content (AvgIpc) is 4.07. The van der Waals surface area contributed by atoms with Gasteiger partial charge in [-0.2, -0.15) is 0 Å². The van der Waals surface area contributed by atoms with Crippen molar-refractivity contribution in [2.24, 2.45) is 0 Å². The zero-order valence-electron chi connectivity index (χ0n) is 38.8. The Kier molecular flexibility index (Phi) is 7.99. The zero-order chi connectivity index (χ0) is 47.1. The highest BCUT2D eigenvalue weighted by atomic mass is 16.5. The number of hydrogen-bond donors (Lipinski definition) is 0. The molecule has 0 amide bonds. The summed E-state index contributed by atoms with van der Waals surface area (Å²) in [4.78, 5) is 2.45. The van der Waals surface area contributed by atoms with Gasteiger partial charge in [0, 0.05) is 55.7 Å². The largest absolute Gasteiger partial charge is 0.457 e. The molecule has 4 aliphatic rings. The first-order valence-corrected chi connectivity index (χ1v) is 24.7. The fraction of sp³-hybridized carbons (Fsp3) is 0.0294. The summed E-state index contributed by atoms with van der Waals surface area (Å²) in [6.07, 6.45) is 0. The Morgan fingerprint density at radius 3 is 1.18 bits per heavy atom. The lowest BCUT2D eigenvalue weighted by Gasteiger charge is -2.40. The molecule has 336 valence electrons. The molecule has 16 rings (SSSR count). The number of para-hydroxylation sites is 6. The quantitative estimate of drug-likeness (QED) is 0.176. The molecular formula is C68H41NO3. The van der Waals surface area contributed by atoms with Crippen molar-refractivity contribution in [3.63, 3.8) is 0 Å². The maximum Gasteiger partial charge on any atom is 0.143 e. The Labute approximate surface area is 416 Å². The van der Waals surface area contributed by atoms with E-state index in [0.29, 0.717) is 0 Å². The normalized spacial score (nSPS) is 14.3. The summed E-state index contributed by atoms with van der Waals surface area (Å²) >= 11 is 0. The minimum Gasteiger partial charge on any atom is -0.457 e. The van der Waals surface area contributed by atoms with Gasteiger partial charge in [0.05, 0.1) is 10.8 Å². The van der Waals surface area contributed by atoms with Crippen LogP contribution in [-0.4, -0.2) is 0 Å². The number of ether oxygens (including phenoxy) is 2. The van der Waals surface area contributed by atoms with Crippen molar-refractivity contribution >= 4 is 39.0 Å². The lowest BCUT2D eigenvalue weighted by atomic mass is 9.66. The first-order valence-electron chi connectivity index (χ1n) is 24.7. The molecule has 12 aromatic rings. The van der Waals surface area contributed by atoms with Gasteiger partial charge in [-0.3, -0.25) is 0 Å². The summed E-state index contributed by atoms with van der Waals surface area (Å²) in [6.45, 7) is 0. The lowest BCUT2D eigenvalue weighted by Crippen LogP contribution is -2.32. The Hall–Kier alpha value is -9.38. The van der Waals surface area contributed by atoms with Crippen molar-refractivity contribution in [2.45, 2.75) is 10.8 Å². The molecule has 4 heteroatoms. The second-order valence-electron chi connectivity index (χ2n) is 19.4. The van der Waals surface area contributed by atoms with Gasteiger partial charge in [-0.25, -0.2) is 0 Å². The summed E-state index contributed by atoms with van der Waals surface area (Å²) in [5.74, 6) is 3.49. The molecule has 0 fully saturated rings. The third-order valence-corrected chi connectivity index (χ3v) is 16.0. The van der Waals surface area contributed by atoms with E-state index in [4.69, 9.17) is 13.9 Å². The number of furan rings is 1. The number of rotatable bonds is 4. The fourth-order valence-electron chi connectivity index (χ4n) is 13.2. The van der Waals surface area contributed by atoms with Crippen LogP contribution in [0.5, 0.6) is 23.0 Å². The fourth-order valence-corrected chi connectivity index (χ4v) is 13.2. The van der Waals surface area contributed by atoms with E-state index >= 15 is 0 Å². The molecule has 0 bridgehead atoms. The zero-order valence-corrected chi connectivity index (χ0v) is 38.8. The number of benzene rings is 11. The van der Waals surface area contributed by atoms with Gasteiger partial charge >= 0.3 is 0 Å². The van der Waals surface area contributed by atoms with Gasteiger partial charge in [0.25, 0.3) is 0 Å². The standard InChI is InChI=1S/C68H41NO3/c1-4-21-53-47(16-1)49-38-36-44(40-59(49)67(53)55-23-6-11-28-62(55)70-63-29-12-7-24-56(63)67)69(43-34-32-42(33-35-43)46-19-15-20-52-51-18-3-10-27-61(51)72-66(46)52)45-37-39-50-48-17-2-5-22-54(48)68(60(50)41-45)57-25-8-13-30-64(57)71-65-31-14-9-26-58(65)68/h1-41H. The van der Waals surface area contributed by atoms with Crippen molar-refractivity contribution in [3.8, 4) is 56.4 Å². The molecule has 0 saturated carbocycles. The van der Waals surface area contributed by atoms with Crippen molar-refractivity contribution < 1.29 is 13.9 Å². The molecule has 0 radical (unpaired) electrons. The number of hydrogen-bond acceptors (Lipinski definition) is 4. The van der Waals surface area contributed by atoms with Crippen LogP contribution in [0.25, 0.3) is 55.3 Å². The SMILES string of the molecule is c1ccc2c(c1)Oc1ccccc1C21c2ccccc2-c2ccc(N(c3ccc(-c4cccc5c4oc4ccccc45)cc3)c3ccc4c(c3)C3(c5ccccc5Oc5ccccc53)c3ccccc3-4)cc21. The van der Waals surface area contributed by atoms with Gasteiger partial charge < -0.3 is 18.8 Å². The first kappa shape index (κ1) is 39.5. The van der Waals surface area contributed by atoms with E-state index in [0.717, 1.165) is 95.4 Å². The number of anilines is 3. The molecule has 4 nitrogen and oxygen atoms in total. The highest BCUT2D eigenvalue weighted by Crippen LogP contribution is 2.65. The van der Waals surface area contributed by atoms with Crippen LogP contribution in [0.1, 0.15) is 44.5 Å². The molecule has 72 heavy (non-hydrogen) atoms. The van der Waals surface area contributed by atoms with Crippen molar-refractivity contribution in [1.29, 1.82) is 0 Å². The topological polar surface area (TPSA) is 34.8 Å². The predicted molar refractivity (Wildman–Crippen MR) is 289 cm³/mol. The van der Waals surface area contributed by atoms with Gasteiger partial charge in [0.1, 0.15) is 34.2 Å². The molecule has 0 atom stereocenters. The average molecular weight is 920 g/mol. The Morgan fingerprint density at radius 1 is 0.278 bits per heavy atom. The molecule has 2 spiro atoms. The maximum absolute atomic E-state index is 6.75. The summed E-state index contributed by atoms with van der Waals surface area (Å²) in [5, 5.41) is 2.23. The Balaban J connectivity index is 0.954. The summed E-state index contributed by atoms with van der Waals surface area (Å²) in [5.41, 5.74) is 20.2. The van der Waals surface area contributed by atoms with Crippen LogP contribution in [0, 0.1) is 0 Å². The predicted octanol–water partition coefficient (Wildman–Crippen LogP) is 17.7. The highest BCUT2D eigenvalue weighted by molar-refractivity contribution is 6.09. The molecule has 0 saturated heterocycles. The van der Waals surface area contributed by atoms with Crippen LogP contribution >= 0.6 is 0 Å². The molecule has 3 heterocycles. The van der Waals surface area contributed by atoms with Crippen LogP contribution < -0.4 is 14.4 Å². The highest BCUT2D eigenvalue weighted by Gasteiger charge is 2.53. The van der Waals surface area contributed by atoms with E-state index in [1.54, 1.807) is 0 Å². The van der Waals surface area contributed by atoms with Gasteiger partial charge in [0.15, 0.2) is 0 Å². The summed E-state index contributed by atoms with van der Waals surface area (Å²) in [7, 11) is 0. The van der Waals surface area contributed by atoms with Crippen LogP contribution in [-0.2, 0) is 10.8 Å². The van der Waals surface area contributed by atoms with Gasteiger partial charge in [0.2, 0.25) is 0 Å². The smallest absolute Gasteiger partial charge is 0.143 e. The Morgan fingerprint density at radius 2 is 0.667 bits per heavy atom. The summed E-state index contributed by atoms with van der Waals surface area (Å²) in [6, 6.07) is 90.2. The van der Waals surface area contributed by atoms with Crippen LogP contribution in [0.3, 0.4) is 0 Å². The second kappa shape index (κ2) is 14.6. The van der Waals surface area contributed by atoms with Gasteiger partial charge in [-0.1, -0.05) is 182 Å². The van der Waals surface area contributed by atoms with E-state index in [-0.39, 0.29) is 0 Å². The molecule has 11 aromatic carbocycles. The molecule has 0 N–H and O–H groups in total. The van der Waals surface area contributed by atoms with Crippen molar-refractivity contribution in [2.75, 3.05) is 4.90 Å². The van der Waals surface area contributed by atoms with E-state index in [9.17, 15) is 0 Å². The minimum atomic E-state index is -0.632. The third kappa shape index (κ3) is 5.10. The molecule has 2 aliphatic heterocycles. The maximum atomic E-state index is 6.75. The van der Waals surface area contributed by atoms with E-state index in [1.807, 2.05) is 12.1 Å². The van der Waals surface area contributed by atoms with E-state index in [2.05, 4.69) is 241 Å². The molecule has 1 aromatic heterocycles. The number of fused-ring (bicyclic) bond motifs is 21. The number of nitrogens with zero attached hydrogens (tertiary/aromatic N) is 1. The van der Waals surface area contributed by atoms with Gasteiger partial charge in [-0.15, -0.1) is 0 Å². The van der Waals surface area contributed by atoms with Crippen LogP contribution in [0.2, 0.25) is 0 Å². The molecular weight excluding hydrogens is 879 g/mol. The lowest BCUT2D eigenvalue weighted by molar-refractivity contribution is 0.436. The minimum absolute atomic E-state index is 0.632. The monoisotopic (exact) mass is 919 g/mol. The van der Waals surface area contributed by atoms with E-state index in [1.165, 1.54) is 44.5 Å². The van der Waals surface area contributed by atoms with Crippen LogP contribution in [0.4, 0.5) is 17.1 Å². The molecule has 2 aliphatic carbocycles. The summed E-state index contributed by atoms with van der Waals surface area (Å²) < 4.78 is 20.1. The Bertz CT molecular complexity index is 3970. The van der Waals surface area contributed by atoms with Crippen LogP contribution in [0.15, 0.2) is 253 Å². The first-order chi connectivity index (χ1) is 35.7. The van der Waals surface area contributed by atoms with Gasteiger partial charge in [-0.05, 0) is 117 Å².